The van der Waals surface area contributed by atoms with Crippen LogP contribution in [0.4, 0.5) is 0 Å². The molecule has 5 heteroatoms. The average Bonchev–Trinajstić information content (AvgIpc) is 2.38. The third kappa shape index (κ3) is 1.30. The number of rotatable bonds is 2. The first kappa shape index (κ1) is 7.56. The molecule has 0 unspecified atom stereocenters. The van der Waals surface area contributed by atoms with Gasteiger partial charge in [-0.25, -0.2) is 0 Å². The fourth-order valence-electron chi connectivity index (χ4n) is 0.750. The van der Waals surface area contributed by atoms with Crippen molar-refractivity contribution in [2.24, 2.45) is 0 Å². The fraction of sp³-hybridized carbons (Fsp3) is 0.600. The van der Waals surface area contributed by atoms with E-state index in [9.17, 15) is 8.42 Å². The van der Waals surface area contributed by atoms with Crippen LogP contribution in [0, 0.1) is 0 Å². The van der Waals surface area contributed by atoms with Gasteiger partial charge in [-0.1, -0.05) is 6.08 Å². The van der Waals surface area contributed by atoms with Gasteiger partial charge in [0.1, 0.15) is 0 Å². The third-order valence-corrected chi connectivity index (χ3v) is 2.59. The van der Waals surface area contributed by atoms with E-state index in [-0.39, 0.29) is 0 Å². The molecule has 10 heavy (non-hydrogen) atoms. The quantitative estimate of drug-likeness (QED) is 0.580. The van der Waals surface area contributed by atoms with Crippen LogP contribution < -0.4 is 0 Å². The highest BCUT2D eigenvalue weighted by Gasteiger charge is 2.18. The molecule has 1 rings (SSSR count). The summed E-state index contributed by atoms with van der Waals surface area (Å²) in [6.07, 6.45) is 4.07. The van der Waals surface area contributed by atoms with Gasteiger partial charge in [-0.15, -0.1) is 0 Å². The monoisotopic (exact) mass is 163 g/mol. The van der Waals surface area contributed by atoms with Gasteiger partial charge in [0.15, 0.2) is 0 Å². The van der Waals surface area contributed by atoms with Gasteiger partial charge < -0.3 is 0 Å². The van der Waals surface area contributed by atoms with Crippen molar-refractivity contribution in [1.82, 2.24) is 4.31 Å². The molecule has 0 spiro atoms. The predicted molar refractivity (Wildman–Crippen MR) is 36.4 cm³/mol. The summed E-state index contributed by atoms with van der Waals surface area (Å²) < 4.78 is 27.2. The average molecular weight is 163 g/mol. The maximum Gasteiger partial charge on any atom is 0.361 e. The molecule has 58 valence electrons. The normalized spacial score (nSPS) is 18.3. The minimum absolute atomic E-state index is 0.496. The molecule has 0 aliphatic carbocycles. The Morgan fingerprint density at radius 3 is 2.70 bits per heavy atom. The van der Waals surface area contributed by atoms with Crippen molar-refractivity contribution in [3.05, 3.63) is 12.3 Å². The van der Waals surface area contributed by atoms with Crippen LogP contribution in [0.25, 0.3) is 0 Å². The molecular formula is C5H9NO3S. The Morgan fingerprint density at radius 1 is 1.60 bits per heavy atom. The Hall–Kier alpha value is -0.550. The van der Waals surface area contributed by atoms with Gasteiger partial charge >= 0.3 is 10.3 Å². The Morgan fingerprint density at radius 2 is 2.30 bits per heavy atom. The van der Waals surface area contributed by atoms with E-state index >= 15 is 0 Å². The zero-order valence-corrected chi connectivity index (χ0v) is 6.47. The second-order valence-corrected chi connectivity index (χ2v) is 3.57. The summed E-state index contributed by atoms with van der Waals surface area (Å²) in [4.78, 5) is 0. The Kier molecular flexibility index (Phi) is 1.96. The van der Waals surface area contributed by atoms with Crippen LogP contribution in [0.1, 0.15) is 6.42 Å². The molecule has 0 atom stereocenters. The molecule has 0 aromatic heterocycles. The number of hydrogen-bond donors (Lipinski definition) is 0. The summed E-state index contributed by atoms with van der Waals surface area (Å²) in [6, 6.07) is 0. The molecule has 0 aromatic carbocycles. The first-order valence-corrected chi connectivity index (χ1v) is 4.27. The molecule has 0 fully saturated rings. The van der Waals surface area contributed by atoms with Gasteiger partial charge in [-0.05, 0) is 6.42 Å². The van der Waals surface area contributed by atoms with Crippen molar-refractivity contribution in [3.63, 3.8) is 0 Å². The van der Waals surface area contributed by atoms with E-state index in [1.54, 1.807) is 6.08 Å². The van der Waals surface area contributed by atoms with Crippen LogP contribution in [-0.2, 0) is 14.5 Å². The molecule has 4 nitrogen and oxygen atoms in total. The molecular weight excluding hydrogens is 154 g/mol. The topological polar surface area (TPSA) is 46.6 Å². The van der Waals surface area contributed by atoms with Gasteiger partial charge in [0, 0.05) is 12.7 Å². The highest BCUT2D eigenvalue weighted by atomic mass is 32.2. The molecule has 1 aliphatic heterocycles. The molecule has 0 N–H and O–H groups in total. The summed E-state index contributed by atoms with van der Waals surface area (Å²) >= 11 is 0. The lowest BCUT2D eigenvalue weighted by molar-refractivity contribution is 0.352. The first-order valence-electron chi connectivity index (χ1n) is 2.91. The summed E-state index contributed by atoms with van der Waals surface area (Å²) in [5.74, 6) is 0. The van der Waals surface area contributed by atoms with Gasteiger partial charge in [-0.3, -0.25) is 8.49 Å². The maximum absolute atomic E-state index is 10.9. The van der Waals surface area contributed by atoms with Crippen LogP contribution >= 0.6 is 0 Å². The van der Waals surface area contributed by atoms with Crippen molar-refractivity contribution in [3.8, 4) is 0 Å². The van der Waals surface area contributed by atoms with Gasteiger partial charge in [-0.2, -0.15) is 8.42 Å². The first-order chi connectivity index (χ1) is 4.67. The Labute approximate surface area is 60.3 Å². The Bertz CT molecular complexity index is 231. The van der Waals surface area contributed by atoms with E-state index in [4.69, 9.17) is 0 Å². The smallest absolute Gasteiger partial charge is 0.257 e. The molecule has 0 aromatic rings. The van der Waals surface area contributed by atoms with Crippen LogP contribution in [0.3, 0.4) is 0 Å². The van der Waals surface area contributed by atoms with E-state index in [0.717, 1.165) is 13.5 Å². The molecule has 0 radical (unpaired) electrons. The summed E-state index contributed by atoms with van der Waals surface area (Å²) in [5.41, 5.74) is 0. The minimum atomic E-state index is -3.45. The van der Waals surface area contributed by atoms with Crippen LogP contribution in [0.5, 0.6) is 0 Å². The van der Waals surface area contributed by atoms with Gasteiger partial charge in [0.2, 0.25) is 0 Å². The standard InChI is InChI=1S/C5H9NO3S/c1-9-10(7,8)6-4-2-3-5-6/h2,4H,3,5H2,1H3. The minimum Gasteiger partial charge on any atom is -0.257 e. The molecule has 1 heterocycles. The highest BCUT2D eigenvalue weighted by Crippen LogP contribution is 2.10. The second kappa shape index (κ2) is 2.59. The predicted octanol–water partition coefficient (Wildman–Crippen LogP) is 0.0970. The summed E-state index contributed by atoms with van der Waals surface area (Å²) in [5, 5.41) is 0. The highest BCUT2D eigenvalue weighted by molar-refractivity contribution is 7.84. The van der Waals surface area contributed by atoms with Gasteiger partial charge in [0.05, 0.1) is 7.11 Å². The second-order valence-electron chi connectivity index (χ2n) is 1.91. The Balaban J connectivity index is 2.74. The fourth-order valence-corrected chi connectivity index (χ4v) is 1.51. The van der Waals surface area contributed by atoms with Crippen LogP contribution in [0.15, 0.2) is 12.3 Å². The molecule has 1 aliphatic rings. The SMILES string of the molecule is COS(=O)(=O)N1C=CCC1. The third-order valence-electron chi connectivity index (χ3n) is 1.29. The largest absolute Gasteiger partial charge is 0.361 e. The van der Waals surface area contributed by atoms with E-state index in [1.807, 2.05) is 0 Å². The lowest BCUT2D eigenvalue weighted by atomic mass is 10.5. The van der Waals surface area contributed by atoms with Crippen molar-refractivity contribution in [1.29, 1.82) is 0 Å². The van der Waals surface area contributed by atoms with Crippen molar-refractivity contribution in [2.45, 2.75) is 6.42 Å². The van der Waals surface area contributed by atoms with E-state index in [1.165, 1.54) is 10.5 Å². The van der Waals surface area contributed by atoms with Crippen LogP contribution in [0.2, 0.25) is 0 Å². The summed E-state index contributed by atoms with van der Waals surface area (Å²) in [7, 11) is -2.30. The lowest BCUT2D eigenvalue weighted by Crippen LogP contribution is -2.24. The van der Waals surface area contributed by atoms with Crippen molar-refractivity contribution >= 4 is 10.3 Å². The van der Waals surface area contributed by atoms with E-state index in [0.29, 0.717) is 6.54 Å². The van der Waals surface area contributed by atoms with E-state index in [2.05, 4.69) is 4.18 Å². The lowest BCUT2D eigenvalue weighted by Gasteiger charge is -2.12. The zero-order chi connectivity index (χ0) is 7.61. The van der Waals surface area contributed by atoms with Crippen LogP contribution in [-0.4, -0.2) is 26.4 Å². The molecule has 0 bridgehead atoms. The van der Waals surface area contributed by atoms with Crippen molar-refractivity contribution < 1.29 is 12.6 Å². The number of hydrogen-bond acceptors (Lipinski definition) is 3. The van der Waals surface area contributed by atoms with Gasteiger partial charge in [0.25, 0.3) is 0 Å². The molecule has 0 amide bonds. The summed E-state index contributed by atoms with van der Waals surface area (Å²) in [6.45, 7) is 0.496. The molecule has 0 saturated heterocycles. The van der Waals surface area contributed by atoms with Crippen molar-refractivity contribution in [2.75, 3.05) is 13.7 Å². The zero-order valence-electron chi connectivity index (χ0n) is 5.65. The molecule has 0 saturated carbocycles. The van der Waals surface area contributed by atoms with E-state index < -0.39 is 10.3 Å². The number of nitrogens with zero attached hydrogens (tertiary/aromatic N) is 1. The maximum atomic E-state index is 10.9.